The smallest absolute Gasteiger partial charge is 0.287 e. The summed E-state index contributed by atoms with van der Waals surface area (Å²) in [6, 6.07) is 14.8. The lowest BCUT2D eigenvalue weighted by atomic mass is 9.86. The third-order valence-corrected chi connectivity index (χ3v) is 6.60. The average Bonchev–Trinajstić information content (AvgIpc) is 2.80. The molecule has 1 saturated heterocycles. The standard InChI is InChI=1S/C27H31ClN2O3/c1-27(2,3)19-9-7-18(8-10-19)22(30-13-5-4-6-14-30)17-29-26(32)25-16-23(31)21-15-20(28)11-12-24(21)33-25/h7-12,15-16,22H,4-6,13-14,17H2,1-3H3,(H,29,32). The third-order valence-electron chi connectivity index (χ3n) is 6.36. The molecular formula is C27H31ClN2O3. The van der Waals surface area contributed by atoms with Crippen molar-refractivity contribution in [2.75, 3.05) is 19.6 Å². The lowest BCUT2D eigenvalue weighted by Crippen LogP contribution is -2.40. The maximum atomic E-state index is 12.9. The Bertz CT molecular complexity index is 1190. The van der Waals surface area contributed by atoms with Gasteiger partial charge in [0.2, 0.25) is 0 Å². The Morgan fingerprint density at radius 3 is 2.42 bits per heavy atom. The van der Waals surface area contributed by atoms with Crippen LogP contribution in [0.1, 0.15) is 67.8 Å². The van der Waals surface area contributed by atoms with Gasteiger partial charge in [0.15, 0.2) is 11.2 Å². The Hall–Kier alpha value is -2.63. The number of piperidine rings is 1. The summed E-state index contributed by atoms with van der Waals surface area (Å²) in [5, 5.41) is 3.82. The number of fused-ring (bicyclic) bond motifs is 1. The highest BCUT2D eigenvalue weighted by molar-refractivity contribution is 6.31. The molecule has 0 aliphatic carbocycles. The van der Waals surface area contributed by atoms with Crippen LogP contribution in [0.15, 0.2) is 57.7 Å². The second-order valence-electron chi connectivity index (χ2n) is 9.81. The molecule has 0 radical (unpaired) electrons. The van der Waals surface area contributed by atoms with E-state index in [4.69, 9.17) is 16.0 Å². The Morgan fingerprint density at radius 1 is 1.06 bits per heavy atom. The number of rotatable bonds is 5. The summed E-state index contributed by atoms with van der Waals surface area (Å²) in [4.78, 5) is 27.8. The second-order valence-corrected chi connectivity index (χ2v) is 10.2. The molecule has 2 aromatic carbocycles. The van der Waals surface area contributed by atoms with Crippen LogP contribution in [0.4, 0.5) is 0 Å². The van der Waals surface area contributed by atoms with E-state index in [9.17, 15) is 9.59 Å². The van der Waals surface area contributed by atoms with Crippen molar-refractivity contribution in [1.82, 2.24) is 10.2 Å². The molecule has 1 amide bonds. The van der Waals surface area contributed by atoms with Gasteiger partial charge in [-0.2, -0.15) is 0 Å². The molecule has 0 spiro atoms. The van der Waals surface area contributed by atoms with E-state index >= 15 is 0 Å². The van der Waals surface area contributed by atoms with Crippen LogP contribution in [-0.4, -0.2) is 30.4 Å². The molecule has 0 saturated carbocycles. The lowest BCUT2D eigenvalue weighted by Gasteiger charge is -2.35. The third kappa shape index (κ3) is 5.48. The fourth-order valence-electron chi connectivity index (χ4n) is 4.41. The first-order valence-corrected chi connectivity index (χ1v) is 12.0. The van der Waals surface area contributed by atoms with E-state index in [-0.39, 0.29) is 22.6 Å². The molecule has 6 heteroatoms. The molecule has 1 N–H and O–H groups in total. The summed E-state index contributed by atoms with van der Waals surface area (Å²) >= 11 is 5.98. The number of hydrogen-bond acceptors (Lipinski definition) is 4. The number of carbonyl (C=O) groups is 1. The van der Waals surface area contributed by atoms with Crippen LogP contribution in [0.2, 0.25) is 5.02 Å². The fourth-order valence-corrected chi connectivity index (χ4v) is 4.58. The lowest BCUT2D eigenvalue weighted by molar-refractivity contribution is 0.0897. The van der Waals surface area contributed by atoms with Crippen molar-refractivity contribution in [2.24, 2.45) is 0 Å². The summed E-state index contributed by atoms with van der Waals surface area (Å²) < 4.78 is 5.71. The molecule has 1 aromatic heterocycles. The molecule has 2 heterocycles. The van der Waals surface area contributed by atoms with E-state index in [0.717, 1.165) is 25.9 Å². The van der Waals surface area contributed by atoms with E-state index < -0.39 is 5.91 Å². The minimum Gasteiger partial charge on any atom is -0.451 e. The highest BCUT2D eigenvalue weighted by atomic mass is 35.5. The van der Waals surface area contributed by atoms with Gasteiger partial charge in [-0.05, 0) is 60.7 Å². The molecule has 1 aliphatic heterocycles. The largest absolute Gasteiger partial charge is 0.451 e. The van der Waals surface area contributed by atoms with Crippen LogP contribution in [-0.2, 0) is 5.41 Å². The molecule has 1 aliphatic rings. The number of benzene rings is 2. The van der Waals surface area contributed by atoms with Gasteiger partial charge < -0.3 is 9.73 Å². The van der Waals surface area contributed by atoms with Crippen molar-refractivity contribution in [1.29, 1.82) is 0 Å². The molecule has 3 aromatic rings. The van der Waals surface area contributed by atoms with E-state index in [1.54, 1.807) is 18.2 Å². The van der Waals surface area contributed by atoms with Crippen molar-refractivity contribution >= 4 is 28.5 Å². The number of amides is 1. The minimum atomic E-state index is -0.391. The van der Waals surface area contributed by atoms with Crippen molar-refractivity contribution in [2.45, 2.75) is 51.5 Å². The summed E-state index contributed by atoms with van der Waals surface area (Å²) in [6.45, 7) is 9.07. The van der Waals surface area contributed by atoms with Gasteiger partial charge in [0.05, 0.1) is 11.4 Å². The van der Waals surface area contributed by atoms with Gasteiger partial charge in [-0.15, -0.1) is 0 Å². The maximum Gasteiger partial charge on any atom is 0.287 e. The van der Waals surface area contributed by atoms with Crippen LogP contribution >= 0.6 is 11.6 Å². The van der Waals surface area contributed by atoms with E-state index in [1.807, 2.05) is 0 Å². The van der Waals surface area contributed by atoms with Crippen LogP contribution in [0.25, 0.3) is 11.0 Å². The van der Waals surface area contributed by atoms with Crippen molar-refractivity contribution in [3.8, 4) is 0 Å². The van der Waals surface area contributed by atoms with Crippen molar-refractivity contribution in [3.63, 3.8) is 0 Å². The molecular weight excluding hydrogens is 436 g/mol. The molecule has 0 bridgehead atoms. The topological polar surface area (TPSA) is 62.6 Å². The number of halogens is 1. The molecule has 33 heavy (non-hydrogen) atoms. The number of hydrogen-bond donors (Lipinski definition) is 1. The van der Waals surface area contributed by atoms with Gasteiger partial charge in [-0.1, -0.05) is 63.1 Å². The fraction of sp³-hybridized carbons (Fsp3) is 0.407. The first kappa shape index (κ1) is 23.5. The summed E-state index contributed by atoms with van der Waals surface area (Å²) in [7, 11) is 0. The highest BCUT2D eigenvalue weighted by Gasteiger charge is 2.24. The van der Waals surface area contributed by atoms with Gasteiger partial charge in [0, 0.05) is 17.6 Å². The van der Waals surface area contributed by atoms with Crippen LogP contribution in [0, 0.1) is 0 Å². The molecule has 1 unspecified atom stereocenters. The van der Waals surface area contributed by atoms with Gasteiger partial charge in [-0.3, -0.25) is 14.5 Å². The number of nitrogens with zero attached hydrogens (tertiary/aromatic N) is 1. The Balaban J connectivity index is 1.55. The van der Waals surface area contributed by atoms with Crippen molar-refractivity contribution in [3.05, 3.63) is 80.7 Å². The Kier molecular flexibility index (Phi) is 6.91. The second kappa shape index (κ2) is 9.70. The number of nitrogens with one attached hydrogen (secondary N) is 1. The van der Waals surface area contributed by atoms with Crippen molar-refractivity contribution < 1.29 is 9.21 Å². The summed E-state index contributed by atoms with van der Waals surface area (Å²) in [6.07, 6.45) is 3.56. The average molecular weight is 467 g/mol. The number of carbonyl (C=O) groups excluding carboxylic acids is 1. The van der Waals surface area contributed by atoms with Gasteiger partial charge >= 0.3 is 0 Å². The van der Waals surface area contributed by atoms with Crippen LogP contribution in [0.3, 0.4) is 0 Å². The Labute approximate surface area is 199 Å². The van der Waals surface area contributed by atoms with E-state index in [2.05, 4.69) is 55.3 Å². The molecule has 4 rings (SSSR count). The zero-order chi connectivity index (χ0) is 23.6. The quantitative estimate of drug-likeness (QED) is 0.523. The first-order chi connectivity index (χ1) is 15.7. The normalized spacial score (nSPS) is 16.0. The van der Waals surface area contributed by atoms with Crippen LogP contribution in [0.5, 0.6) is 0 Å². The maximum absolute atomic E-state index is 12.9. The summed E-state index contributed by atoms with van der Waals surface area (Å²) in [5.41, 5.74) is 2.62. The van der Waals surface area contributed by atoms with Gasteiger partial charge in [-0.25, -0.2) is 0 Å². The first-order valence-electron chi connectivity index (χ1n) is 11.6. The molecule has 1 fully saturated rings. The van der Waals surface area contributed by atoms with Crippen LogP contribution < -0.4 is 10.7 Å². The summed E-state index contributed by atoms with van der Waals surface area (Å²) in [5.74, 6) is -0.382. The SMILES string of the molecule is CC(C)(C)c1ccc(C(CNC(=O)c2cc(=O)c3cc(Cl)ccc3o2)N2CCCCC2)cc1. The molecule has 1 atom stereocenters. The number of likely N-dealkylation sites (tertiary alicyclic amines) is 1. The molecule has 174 valence electrons. The minimum absolute atomic E-state index is 0.00953. The van der Waals surface area contributed by atoms with Gasteiger partial charge in [0.25, 0.3) is 5.91 Å². The predicted molar refractivity (Wildman–Crippen MR) is 133 cm³/mol. The predicted octanol–water partition coefficient (Wildman–Crippen LogP) is 5.70. The Morgan fingerprint density at radius 2 is 1.76 bits per heavy atom. The monoisotopic (exact) mass is 466 g/mol. The molecule has 5 nitrogen and oxygen atoms in total. The van der Waals surface area contributed by atoms with E-state index in [1.165, 1.54) is 23.6 Å². The van der Waals surface area contributed by atoms with E-state index in [0.29, 0.717) is 22.5 Å². The zero-order valence-corrected chi connectivity index (χ0v) is 20.2. The highest BCUT2D eigenvalue weighted by Crippen LogP contribution is 2.28. The zero-order valence-electron chi connectivity index (χ0n) is 19.5. The van der Waals surface area contributed by atoms with Gasteiger partial charge in [0.1, 0.15) is 5.58 Å².